The van der Waals surface area contributed by atoms with Gasteiger partial charge < -0.3 is 19.7 Å². The molecule has 0 aliphatic carbocycles. The van der Waals surface area contributed by atoms with Crippen molar-refractivity contribution < 1.29 is 19.7 Å². The predicted molar refractivity (Wildman–Crippen MR) is 70.6 cm³/mol. The molecule has 0 heterocycles. The van der Waals surface area contributed by atoms with Crippen molar-refractivity contribution in [3.05, 3.63) is 48.5 Å². The second-order valence-electron chi connectivity index (χ2n) is 3.30. The van der Waals surface area contributed by atoms with Gasteiger partial charge in [-0.05, 0) is 12.1 Å². The van der Waals surface area contributed by atoms with Gasteiger partial charge in [0.1, 0.15) is 11.5 Å². The summed E-state index contributed by atoms with van der Waals surface area (Å²) in [7, 11) is 2.97. The summed E-state index contributed by atoms with van der Waals surface area (Å²) in [5, 5.41) is 21.5. The summed E-state index contributed by atoms with van der Waals surface area (Å²) >= 11 is 0. The minimum Gasteiger partial charge on any atom is -0.870 e. The first kappa shape index (κ1) is 17.9. The van der Waals surface area contributed by atoms with E-state index in [1.807, 2.05) is 0 Å². The van der Waals surface area contributed by atoms with E-state index in [1.165, 1.54) is 26.4 Å². The van der Waals surface area contributed by atoms with Crippen molar-refractivity contribution in [3.8, 4) is 23.0 Å². The molecule has 0 saturated carbocycles. The van der Waals surface area contributed by atoms with E-state index < -0.39 is 0 Å². The van der Waals surface area contributed by atoms with Crippen molar-refractivity contribution in [1.82, 2.24) is 0 Å². The molecule has 2 aromatic rings. The van der Waals surface area contributed by atoms with Crippen LogP contribution in [-0.2, 0) is 0 Å². The molecule has 0 bridgehead atoms. The van der Waals surface area contributed by atoms with Gasteiger partial charge in [-0.15, -0.1) is 0 Å². The number of hydrogen-bond donors (Lipinski definition) is 0. The fourth-order valence-electron chi connectivity index (χ4n) is 1.24. The van der Waals surface area contributed by atoms with Crippen LogP contribution in [0.4, 0.5) is 0 Å². The molecule has 0 N–H and O–H groups in total. The smallest absolute Gasteiger partial charge is 0.870 e. The SMILES string of the molecule is COc1ccccc1[O-].COc1ccccc1[O-].[Ca+2]. The summed E-state index contributed by atoms with van der Waals surface area (Å²) in [6.07, 6.45) is 0. The van der Waals surface area contributed by atoms with Crippen molar-refractivity contribution >= 4 is 37.7 Å². The molecule has 4 nitrogen and oxygen atoms in total. The fourth-order valence-corrected chi connectivity index (χ4v) is 1.24. The average molecular weight is 286 g/mol. The van der Waals surface area contributed by atoms with E-state index in [1.54, 1.807) is 36.4 Å². The molecule has 0 unspecified atom stereocenters. The van der Waals surface area contributed by atoms with Crippen LogP contribution in [0.3, 0.4) is 0 Å². The summed E-state index contributed by atoms with van der Waals surface area (Å²) < 4.78 is 9.46. The Morgan fingerprint density at radius 2 is 1.00 bits per heavy atom. The van der Waals surface area contributed by atoms with Gasteiger partial charge in [0, 0.05) is 0 Å². The van der Waals surface area contributed by atoms with Crippen molar-refractivity contribution in [1.29, 1.82) is 0 Å². The monoisotopic (exact) mass is 286 g/mol. The van der Waals surface area contributed by atoms with E-state index >= 15 is 0 Å². The molecule has 0 saturated heterocycles. The number of hydrogen-bond acceptors (Lipinski definition) is 4. The van der Waals surface area contributed by atoms with E-state index in [4.69, 9.17) is 9.47 Å². The van der Waals surface area contributed by atoms with Gasteiger partial charge in [0.2, 0.25) is 0 Å². The Kier molecular flexibility index (Phi) is 9.21. The minimum absolute atomic E-state index is 0. The molecule has 0 fully saturated rings. The topological polar surface area (TPSA) is 64.6 Å². The number of methoxy groups -OCH3 is 2. The molecular formula is C14H14CaO4. The van der Waals surface area contributed by atoms with Gasteiger partial charge in [-0.1, -0.05) is 47.9 Å². The molecule has 0 spiro atoms. The first-order chi connectivity index (χ1) is 8.69. The molecule has 0 atom stereocenters. The van der Waals surface area contributed by atoms with Crippen LogP contribution in [0.5, 0.6) is 23.0 Å². The summed E-state index contributed by atoms with van der Waals surface area (Å²) in [6, 6.07) is 13.1. The molecule has 2 aromatic carbocycles. The third kappa shape index (κ3) is 6.05. The maximum Gasteiger partial charge on any atom is 2.00 e. The van der Waals surface area contributed by atoms with E-state index in [-0.39, 0.29) is 49.2 Å². The number of rotatable bonds is 2. The number of benzene rings is 2. The molecule has 0 amide bonds. The van der Waals surface area contributed by atoms with Gasteiger partial charge in [-0.2, -0.15) is 0 Å². The van der Waals surface area contributed by atoms with Crippen LogP contribution in [0, 0.1) is 0 Å². The van der Waals surface area contributed by atoms with Gasteiger partial charge in [-0.3, -0.25) is 0 Å². The van der Waals surface area contributed by atoms with Crippen LogP contribution in [0.1, 0.15) is 0 Å². The van der Waals surface area contributed by atoms with E-state index in [0.717, 1.165) is 0 Å². The van der Waals surface area contributed by atoms with E-state index in [2.05, 4.69) is 0 Å². The van der Waals surface area contributed by atoms with Gasteiger partial charge in [0.05, 0.1) is 14.2 Å². The predicted octanol–water partition coefficient (Wildman–Crippen LogP) is 1.16. The summed E-state index contributed by atoms with van der Waals surface area (Å²) in [6.45, 7) is 0. The second-order valence-corrected chi connectivity index (χ2v) is 3.30. The Bertz CT molecular complexity index is 443. The molecule has 0 aliphatic rings. The Hall–Kier alpha value is -1.10. The fraction of sp³-hybridized carbons (Fsp3) is 0.143. The van der Waals surface area contributed by atoms with Crippen LogP contribution < -0.4 is 19.7 Å². The van der Waals surface area contributed by atoms with Crippen LogP contribution in [0.15, 0.2) is 48.5 Å². The molecule has 0 radical (unpaired) electrons. The molecule has 96 valence electrons. The Morgan fingerprint density at radius 1 is 0.684 bits per heavy atom. The van der Waals surface area contributed by atoms with Gasteiger partial charge in [0.15, 0.2) is 0 Å². The molecular weight excluding hydrogens is 272 g/mol. The zero-order valence-electron chi connectivity index (χ0n) is 11.0. The standard InChI is InChI=1S/2C7H8O2.Ca/c2*1-9-7-5-3-2-4-6(7)8;/h2*2-5,8H,1H3;/q;;+2/p-2. The van der Waals surface area contributed by atoms with Crippen LogP contribution in [0.2, 0.25) is 0 Å². The Labute approximate surface area is 142 Å². The zero-order valence-corrected chi connectivity index (χ0v) is 13.2. The molecule has 0 aliphatic heterocycles. The van der Waals surface area contributed by atoms with Gasteiger partial charge in [0.25, 0.3) is 0 Å². The molecule has 0 aromatic heterocycles. The molecule has 5 heteroatoms. The van der Waals surface area contributed by atoms with Gasteiger partial charge >= 0.3 is 37.7 Å². The van der Waals surface area contributed by atoms with Crippen LogP contribution >= 0.6 is 0 Å². The van der Waals surface area contributed by atoms with Crippen LogP contribution in [0.25, 0.3) is 0 Å². The maximum atomic E-state index is 10.7. The summed E-state index contributed by atoms with van der Waals surface area (Å²) in [5.41, 5.74) is 0. The average Bonchev–Trinajstić information content (AvgIpc) is 2.41. The van der Waals surface area contributed by atoms with E-state index in [9.17, 15) is 10.2 Å². The summed E-state index contributed by atoms with van der Waals surface area (Å²) in [4.78, 5) is 0. The normalized spacial score (nSPS) is 8.53. The third-order valence-electron chi connectivity index (χ3n) is 2.14. The second kappa shape index (κ2) is 9.78. The minimum atomic E-state index is -0.0694. The van der Waals surface area contributed by atoms with Crippen molar-refractivity contribution in [2.24, 2.45) is 0 Å². The van der Waals surface area contributed by atoms with Crippen molar-refractivity contribution in [3.63, 3.8) is 0 Å². The Morgan fingerprint density at radius 3 is 1.21 bits per heavy atom. The molecule has 19 heavy (non-hydrogen) atoms. The molecule has 2 rings (SSSR count). The quantitative estimate of drug-likeness (QED) is 0.777. The van der Waals surface area contributed by atoms with E-state index in [0.29, 0.717) is 11.5 Å². The van der Waals surface area contributed by atoms with Gasteiger partial charge in [-0.25, -0.2) is 0 Å². The van der Waals surface area contributed by atoms with Crippen molar-refractivity contribution in [2.45, 2.75) is 0 Å². The summed E-state index contributed by atoms with van der Waals surface area (Å²) in [5.74, 6) is 0.662. The third-order valence-corrected chi connectivity index (χ3v) is 2.14. The maximum absolute atomic E-state index is 10.7. The van der Waals surface area contributed by atoms with Crippen molar-refractivity contribution in [2.75, 3.05) is 14.2 Å². The Balaban J connectivity index is 0.000000324. The number of ether oxygens (including phenoxy) is 2. The first-order valence-corrected chi connectivity index (χ1v) is 5.29. The van der Waals surface area contributed by atoms with Crippen LogP contribution in [-0.4, -0.2) is 52.0 Å². The number of para-hydroxylation sites is 4. The largest absolute Gasteiger partial charge is 2.00 e. The first-order valence-electron chi connectivity index (χ1n) is 5.29. The zero-order chi connectivity index (χ0) is 13.4.